The molecule has 0 bridgehead atoms. The van der Waals surface area contributed by atoms with E-state index < -0.39 is 0 Å². The molecule has 0 unspecified atom stereocenters. The van der Waals surface area contributed by atoms with Crippen molar-refractivity contribution in [2.45, 2.75) is 47.0 Å². The van der Waals surface area contributed by atoms with Gasteiger partial charge < -0.3 is 4.57 Å². The van der Waals surface area contributed by atoms with E-state index in [1.54, 1.807) is 11.3 Å². The smallest absolute Gasteiger partial charge is 0.134 e. The highest BCUT2D eigenvalue weighted by Crippen LogP contribution is 2.45. The van der Waals surface area contributed by atoms with Gasteiger partial charge in [-0.1, -0.05) is 99.1 Å². The molecule has 5 aromatic rings. The van der Waals surface area contributed by atoms with E-state index in [4.69, 9.17) is 4.99 Å². The van der Waals surface area contributed by atoms with E-state index in [-0.39, 0.29) is 5.41 Å². The number of hydrogen-bond acceptors (Lipinski definition) is 3. The molecule has 6 rings (SSSR count). The van der Waals surface area contributed by atoms with Gasteiger partial charge in [0.25, 0.3) is 0 Å². The lowest BCUT2D eigenvalue weighted by Crippen LogP contribution is -2.26. The number of aryl methyl sites for hydroxylation is 1. The first-order chi connectivity index (χ1) is 19.8. The van der Waals surface area contributed by atoms with Gasteiger partial charge >= 0.3 is 0 Å². The Balaban J connectivity index is 1.52. The third-order valence-electron chi connectivity index (χ3n) is 8.34. The maximum Gasteiger partial charge on any atom is 0.134 e. The second kappa shape index (κ2) is 11.0. The second-order valence-electron chi connectivity index (χ2n) is 12.1. The third kappa shape index (κ3) is 5.31. The molecule has 3 nitrogen and oxygen atoms in total. The standard InChI is InChI=1S/C37H35N3S/c1-25-15-18-30(19-16-25)40-33(26-11-7-5-8-12-26)21-28(35(40)27-13-9-6-10-14-27)24-39-36-32(23-38)31-20-17-29(37(2,3)4)22-34(31)41-36/h5-16,18-19,21,24,29H,17,20,22H2,1-4H3/t29-/m1/s1. The van der Waals surface area contributed by atoms with Crippen LogP contribution in [0.4, 0.5) is 5.00 Å². The summed E-state index contributed by atoms with van der Waals surface area (Å²) in [4.78, 5) is 6.38. The molecule has 204 valence electrons. The minimum absolute atomic E-state index is 0.259. The Labute approximate surface area is 247 Å². The number of hydrogen-bond donors (Lipinski definition) is 0. The lowest BCUT2D eigenvalue weighted by atomic mass is 9.72. The van der Waals surface area contributed by atoms with E-state index in [2.05, 4.69) is 129 Å². The molecule has 0 radical (unpaired) electrons. The van der Waals surface area contributed by atoms with Crippen LogP contribution in [0.1, 0.15) is 54.3 Å². The summed E-state index contributed by atoms with van der Waals surface area (Å²) in [5.41, 5.74) is 10.0. The van der Waals surface area contributed by atoms with Gasteiger partial charge in [0, 0.05) is 22.3 Å². The predicted octanol–water partition coefficient (Wildman–Crippen LogP) is 9.95. The Morgan fingerprint density at radius 2 is 1.59 bits per heavy atom. The SMILES string of the molecule is Cc1ccc(-n2c(-c3ccccc3)cc(C=Nc3sc4c(c3C#N)CC[C@@H](C(C)(C)C)C4)c2-c2ccccc2)cc1. The van der Waals surface area contributed by atoms with Crippen molar-refractivity contribution in [3.8, 4) is 34.3 Å². The van der Waals surface area contributed by atoms with Gasteiger partial charge in [-0.25, -0.2) is 4.99 Å². The van der Waals surface area contributed by atoms with Crippen LogP contribution in [-0.2, 0) is 12.8 Å². The molecule has 1 aliphatic rings. The van der Waals surface area contributed by atoms with Crippen molar-refractivity contribution in [1.29, 1.82) is 5.26 Å². The van der Waals surface area contributed by atoms with Crippen LogP contribution in [0, 0.1) is 29.6 Å². The monoisotopic (exact) mass is 553 g/mol. The van der Waals surface area contributed by atoms with Crippen LogP contribution < -0.4 is 0 Å². The number of thiophene rings is 1. The first-order valence-electron chi connectivity index (χ1n) is 14.4. The number of aliphatic imine (C=N–C) groups is 1. The fourth-order valence-corrected chi connectivity index (χ4v) is 7.17. The maximum absolute atomic E-state index is 10.2. The van der Waals surface area contributed by atoms with E-state index in [0.29, 0.717) is 5.92 Å². The fourth-order valence-electron chi connectivity index (χ4n) is 5.95. The van der Waals surface area contributed by atoms with E-state index in [9.17, 15) is 5.26 Å². The number of benzene rings is 3. The largest absolute Gasteiger partial charge is 0.309 e. The highest BCUT2D eigenvalue weighted by Gasteiger charge is 2.32. The van der Waals surface area contributed by atoms with Gasteiger partial charge in [0.2, 0.25) is 0 Å². The predicted molar refractivity (Wildman–Crippen MR) is 173 cm³/mol. The molecule has 4 heteroatoms. The van der Waals surface area contributed by atoms with Crippen molar-refractivity contribution < 1.29 is 0 Å². The van der Waals surface area contributed by atoms with Crippen molar-refractivity contribution in [1.82, 2.24) is 4.57 Å². The maximum atomic E-state index is 10.2. The molecule has 0 aliphatic heterocycles. The van der Waals surface area contributed by atoms with Crippen LogP contribution in [0.5, 0.6) is 0 Å². The average molecular weight is 554 g/mol. The van der Waals surface area contributed by atoms with Gasteiger partial charge in [-0.3, -0.25) is 0 Å². The molecule has 0 saturated heterocycles. The van der Waals surface area contributed by atoms with Gasteiger partial charge in [0.15, 0.2) is 0 Å². The molecular weight excluding hydrogens is 518 g/mol. The molecule has 0 amide bonds. The molecule has 0 spiro atoms. The molecule has 1 aliphatic carbocycles. The molecule has 0 fully saturated rings. The Hall–Kier alpha value is -4.20. The zero-order chi connectivity index (χ0) is 28.6. The van der Waals surface area contributed by atoms with Crippen LogP contribution in [0.2, 0.25) is 0 Å². The van der Waals surface area contributed by atoms with E-state index >= 15 is 0 Å². The van der Waals surface area contributed by atoms with Crippen LogP contribution >= 0.6 is 11.3 Å². The topological polar surface area (TPSA) is 41.1 Å². The Morgan fingerprint density at radius 1 is 0.927 bits per heavy atom. The number of fused-ring (bicyclic) bond motifs is 1. The molecule has 2 heterocycles. The van der Waals surface area contributed by atoms with Gasteiger partial charge in [-0.05, 0) is 72.4 Å². The van der Waals surface area contributed by atoms with Gasteiger partial charge in [0.1, 0.15) is 11.1 Å². The van der Waals surface area contributed by atoms with Crippen LogP contribution in [0.3, 0.4) is 0 Å². The van der Waals surface area contributed by atoms with Gasteiger partial charge in [-0.15, -0.1) is 11.3 Å². The minimum Gasteiger partial charge on any atom is -0.309 e. The highest BCUT2D eigenvalue weighted by molar-refractivity contribution is 7.16. The minimum atomic E-state index is 0.259. The van der Waals surface area contributed by atoms with Crippen molar-refractivity contribution in [3.05, 3.63) is 118 Å². The quantitative estimate of drug-likeness (QED) is 0.200. The summed E-state index contributed by atoms with van der Waals surface area (Å²) in [5.74, 6) is 0.624. The second-order valence-corrected chi connectivity index (χ2v) is 13.2. The normalized spacial score (nSPS) is 15.1. The molecule has 3 aromatic carbocycles. The summed E-state index contributed by atoms with van der Waals surface area (Å²) in [6, 6.07) is 34.5. The molecule has 1 atom stereocenters. The summed E-state index contributed by atoms with van der Waals surface area (Å²) < 4.78 is 2.34. The lowest BCUT2D eigenvalue weighted by molar-refractivity contribution is 0.218. The van der Waals surface area contributed by atoms with Crippen LogP contribution in [0.15, 0.2) is 96.0 Å². The molecule has 0 N–H and O–H groups in total. The van der Waals surface area contributed by atoms with Gasteiger partial charge in [-0.2, -0.15) is 5.26 Å². The van der Waals surface area contributed by atoms with Gasteiger partial charge in [0.05, 0.1) is 17.0 Å². The summed E-state index contributed by atoms with van der Waals surface area (Å²) >= 11 is 1.71. The first-order valence-corrected chi connectivity index (χ1v) is 15.2. The van der Waals surface area contributed by atoms with E-state index in [1.165, 1.54) is 16.0 Å². The summed E-state index contributed by atoms with van der Waals surface area (Å²) in [7, 11) is 0. The number of nitrogens with zero attached hydrogens (tertiary/aromatic N) is 3. The zero-order valence-electron chi connectivity index (χ0n) is 24.2. The molecule has 0 saturated carbocycles. The Bertz CT molecular complexity index is 1740. The molecular formula is C37H35N3S. The van der Waals surface area contributed by atoms with E-state index in [1.807, 2.05) is 6.21 Å². The summed E-state index contributed by atoms with van der Waals surface area (Å²) in [5, 5.41) is 11.0. The van der Waals surface area contributed by atoms with Crippen LogP contribution in [-0.4, -0.2) is 10.8 Å². The molecule has 41 heavy (non-hydrogen) atoms. The Morgan fingerprint density at radius 3 is 2.22 bits per heavy atom. The zero-order valence-corrected chi connectivity index (χ0v) is 25.0. The van der Waals surface area contributed by atoms with Crippen molar-refractivity contribution in [2.24, 2.45) is 16.3 Å². The summed E-state index contributed by atoms with van der Waals surface area (Å²) in [6.45, 7) is 9.10. The Kier molecular flexibility index (Phi) is 7.24. The van der Waals surface area contributed by atoms with E-state index in [0.717, 1.165) is 63.6 Å². The van der Waals surface area contributed by atoms with Crippen LogP contribution in [0.25, 0.3) is 28.2 Å². The van der Waals surface area contributed by atoms with Crippen molar-refractivity contribution >= 4 is 22.6 Å². The fraction of sp³-hybridized carbons (Fsp3) is 0.243. The number of rotatable bonds is 5. The molecule has 2 aromatic heterocycles. The van der Waals surface area contributed by atoms with Crippen molar-refractivity contribution in [2.75, 3.05) is 0 Å². The lowest BCUT2D eigenvalue weighted by Gasteiger charge is -2.33. The van der Waals surface area contributed by atoms with Crippen molar-refractivity contribution in [3.63, 3.8) is 0 Å². The average Bonchev–Trinajstić information content (AvgIpc) is 3.54. The highest BCUT2D eigenvalue weighted by atomic mass is 32.1. The first kappa shape index (κ1) is 27.0. The number of nitriles is 1. The number of aromatic nitrogens is 1. The third-order valence-corrected chi connectivity index (χ3v) is 9.51. The summed E-state index contributed by atoms with van der Waals surface area (Å²) in [6.07, 6.45) is 5.09.